The highest BCUT2D eigenvalue weighted by atomic mass is 35.5. The molecule has 0 bridgehead atoms. The molecule has 1 aliphatic carbocycles. The van der Waals surface area contributed by atoms with E-state index in [-0.39, 0.29) is 18.0 Å². The zero-order chi connectivity index (χ0) is 28.5. The summed E-state index contributed by atoms with van der Waals surface area (Å²) in [6, 6.07) is 14.2. The Hall–Kier alpha value is -3.43. The van der Waals surface area contributed by atoms with Gasteiger partial charge in [-0.25, -0.2) is 15.0 Å². The van der Waals surface area contributed by atoms with Gasteiger partial charge in [-0.2, -0.15) is 0 Å². The van der Waals surface area contributed by atoms with Gasteiger partial charge in [0, 0.05) is 40.1 Å². The molecule has 2 N–H and O–H groups in total. The number of fused-ring (bicyclic) bond motifs is 1. The van der Waals surface area contributed by atoms with Crippen molar-refractivity contribution in [3.8, 4) is 17.1 Å². The molecule has 2 aromatic carbocycles. The molecule has 1 fully saturated rings. The maximum Gasteiger partial charge on any atom is 0.253 e. The van der Waals surface area contributed by atoms with Gasteiger partial charge in [-0.3, -0.25) is 14.3 Å². The van der Waals surface area contributed by atoms with Gasteiger partial charge in [-0.05, 0) is 74.2 Å². The third kappa shape index (κ3) is 5.83. The zero-order valence-electron chi connectivity index (χ0n) is 21.5. The second-order valence-electron chi connectivity index (χ2n) is 9.79. The summed E-state index contributed by atoms with van der Waals surface area (Å²) in [5.41, 5.74) is 3.01. The molecule has 3 aromatic heterocycles. The Bertz CT molecular complexity index is 1740. The van der Waals surface area contributed by atoms with Gasteiger partial charge >= 0.3 is 0 Å². The zero-order valence-corrected chi connectivity index (χ0v) is 24.5. The standard InChI is InChI=1S/C29H23Cl4N7O/c30-17-3-9-21(22(32)12-17)27-39-25-26(35-15-36-28(25)40(27)24-10-4-18(31)13-23(24)33)37-19-5-7-20(8-6-19)38-29(41)16-2-1-11-34-14-16/h1-4,9-15,19-20H,5-8H2,(H,38,41)(H,35,36,37). The van der Waals surface area contributed by atoms with Crippen LogP contribution in [0.5, 0.6) is 0 Å². The van der Waals surface area contributed by atoms with Gasteiger partial charge in [0.05, 0.1) is 21.3 Å². The molecular formula is C29H23Cl4N7O. The lowest BCUT2D eigenvalue weighted by atomic mass is 9.91. The molecule has 6 rings (SSSR count). The van der Waals surface area contributed by atoms with E-state index in [4.69, 9.17) is 51.4 Å². The topological polar surface area (TPSA) is 97.6 Å². The van der Waals surface area contributed by atoms with Gasteiger partial charge < -0.3 is 10.6 Å². The van der Waals surface area contributed by atoms with Gasteiger partial charge in [-0.15, -0.1) is 0 Å². The van der Waals surface area contributed by atoms with Gasteiger partial charge in [0.25, 0.3) is 5.91 Å². The third-order valence-corrected chi connectivity index (χ3v) is 8.18. The van der Waals surface area contributed by atoms with Crippen molar-refractivity contribution in [3.63, 3.8) is 0 Å². The second-order valence-corrected chi connectivity index (χ2v) is 11.5. The predicted octanol–water partition coefficient (Wildman–Crippen LogP) is 7.64. The number of hydrogen-bond donors (Lipinski definition) is 2. The monoisotopic (exact) mass is 625 g/mol. The number of carbonyl (C=O) groups excluding carboxylic acids is 1. The molecule has 1 amide bonds. The molecule has 12 heteroatoms. The number of carbonyl (C=O) groups is 1. The van der Waals surface area contributed by atoms with Crippen LogP contribution in [0.1, 0.15) is 36.0 Å². The molecule has 0 atom stereocenters. The van der Waals surface area contributed by atoms with Crippen molar-refractivity contribution < 1.29 is 4.79 Å². The molecule has 1 saturated carbocycles. The summed E-state index contributed by atoms with van der Waals surface area (Å²) in [4.78, 5) is 30.7. The molecule has 41 heavy (non-hydrogen) atoms. The summed E-state index contributed by atoms with van der Waals surface area (Å²) in [6.45, 7) is 0. The first-order valence-electron chi connectivity index (χ1n) is 13.0. The van der Waals surface area contributed by atoms with Crippen molar-refractivity contribution in [1.82, 2.24) is 29.8 Å². The Balaban J connectivity index is 1.30. The molecule has 0 aliphatic heterocycles. The number of rotatable bonds is 6. The number of imidazole rings is 1. The molecule has 208 valence electrons. The van der Waals surface area contributed by atoms with E-state index in [1.54, 1.807) is 48.8 Å². The number of anilines is 1. The fraction of sp³-hybridized carbons (Fsp3) is 0.207. The van der Waals surface area contributed by atoms with E-state index in [1.165, 1.54) is 6.33 Å². The van der Waals surface area contributed by atoms with Crippen LogP contribution >= 0.6 is 46.4 Å². The minimum atomic E-state index is -0.105. The van der Waals surface area contributed by atoms with E-state index in [1.807, 2.05) is 16.7 Å². The van der Waals surface area contributed by atoms with E-state index in [0.717, 1.165) is 25.7 Å². The van der Waals surface area contributed by atoms with Crippen molar-refractivity contribution in [1.29, 1.82) is 0 Å². The number of aromatic nitrogens is 5. The highest BCUT2D eigenvalue weighted by molar-refractivity contribution is 6.37. The number of pyridine rings is 1. The highest BCUT2D eigenvalue weighted by Gasteiger charge is 2.26. The summed E-state index contributed by atoms with van der Waals surface area (Å²) in [5, 5.41) is 8.58. The number of benzene rings is 2. The molecular weight excluding hydrogens is 604 g/mol. The minimum Gasteiger partial charge on any atom is -0.365 e. The average molecular weight is 627 g/mol. The van der Waals surface area contributed by atoms with Crippen LogP contribution in [0.3, 0.4) is 0 Å². The van der Waals surface area contributed by atoms with Crippen molar-refractivity contribution in [2.75, 3.05) is 5.32 Å². The number of nitrogens with one attached hydrogen (secondary N) is 2. The van der Waals surface area contributed by atoms with Crippen LogP contribution < -0.4 is 10.6 Å². The van der Waals surface area contributed by atoms with E-state index in [2.05, 4.69) is 25.6 Å². The summed E-state index contributed by atoms with van der Waals surface area (Å²) in [6.07, 6.45) is 8.09. The Kier molecular flexibility index (Phi) is 7.99. The molecule has 0 unspecified atom stereocenters. The summed E-state index contributed by atoms with van der Waals surface area (Å²) >= 11 is 25.6. The lowest BCUT2D eigenvalue weighted by Crippen LogP contribution is -2.40. The van der Waals surface area contributed by atoms with E-state index in [0.29, 0.717) is 59.7 Å². The normalized spacial score (nSPS) is 17.0. The smallest absolute Gasteiger partial charge is 0.253 e. The largest absolute Gasteiger partial charge is 0.365 e. The van der Waals surface area contributed by atoms with Crippen molar-refractivity contribution in [3.05, 3.63) is 92.9 Å². The number of halogens is 4. The van der Waals surface area contributed by atoms with Crippen molar-refractivity contribution in [2.24, 2.45) is 0 Å². The van der Waals surface area contributed by atoms with Crippen LogP contribution in [0.15, 0.2) is 67.3 Å². The lowest BCUT2D eigenvalue weighted by molar-refractivity contribution is 0.0926. The van der Waals surface area contributed by atoms with Crippen LogP contribution in [-0.2, 0) is 0 Å². The number of hydrogen-bond acceptors (Lipinski definition) is 6. The van der Waals surface area contributed by atoms with Crippen LogP contribution in [-0.4, -0.2) is 42.5 Å². The molecule has 0 saturated heterocycles. The number of amides is 1. The van der Waals surface area contributed by atoms with Gasteiger partial charge in [0.1, 0.15) is 12.2 Å². The average Bonchev–Trinajstić information content (AvgIpc) is 3.34. The summed E-state index contributed by atoms with van der Waals surface area (Å²) in [7, 11) is 0. The van der Waals surface area contributed by atoms with E-state index < -0.39 is 0 Å². The predicted molar refractivity (Wildman–Crippen MR) is 164 cm³/mol. The fourth-order valence-electron chi connectivity index (χ4n) is 5.08. The molecule has 5 aromatic rings. The van der Waals surface area contributed by atoms with Gasteiger partial charge in [0.2, 0.25) is 0 Å². The summed E-state index contributed by atoms with van der Waals surface area (Å²) in [5.74, 6) is 1.04. The molecule has 0 radical (unpaired) electrons. The Labute approximate surface area is 256 Å². The fourth-order valence-corrected chi connectivity index (χ4v) is 6.07. The molecule has 3 heterocycles. The Morgan fingerprint density at radius 2 is 1.61 bits per heavy atom. The van der Waals surface area contributed by atoms with E-state index >= 15 is 0 Å². The van der Waals surface area contributed by atoms with Crippen molar-refractivity contribution >= 4 is 69.3 Å². The lowest BCUT2D eigenvalue weighted by Gasteiger charge is -2.30. The molecule has 0 spiro atoms. The van der Waals surface area contributed by atoms with Crippen LogP contribution in [0.25, 0.3) is 28.2 Å². The molecule has 8 nitrogen and oxygen atoms in total. The maximum atomic E-state index is 12.6. The number of nitrogens with zero attached hydrogens (tertiary/aromatic N) is 5. The van der Waals surface area contributed by atoms with Crippen molar-refractivity contribution in [2.45, 2.75) is 37.8 Å². The second kappa shape index (κ2) is 11.8. The third-order valence-electron chi connectivity index (χ3n) is 7.09. The van der Waals surface area contributed by atoms with Crippen LogP contribution in [0.2, 0.25) is 20.1 Å². The molecule has 1 aliphatic rings. The highest BCUT2D eigenvalue weighted by Crippen LogP contribution is 2.37. The quantitative estimate of drug-likeness (QED) is 0.201. The van der Waals surface area contributed by atoms with Crippen LogP contribution in [0, 0.1) is 0 Å². The Morgan fingerprint density at radius 3 is 2.32 bits per heavy atom. The van der Waals surface area contributed by atoms with Gasteiger partial charge in [-0.1, -0.05) is 46.4 Å². The minimum absolute atomic E-state index is 0.0936. The van der Waals surface area contributed by atoms with Crippen LogP contribution in [0.4, 0.5) is 5.82 Å². The van der Waals surface area contributed by atoms with Gasteiger partial charge in [0.15, 0.2) is 17.0 Å². The first kappa shape index (κ1) is 27.7. The first-order chi connectivity index (χ1) is 19.9. The van der Waals surface area contributed by atoms with E-state index in [9.17, 15) is 4.79 Å². The Morgan fingerprint density at radius 1 is 0.878 bits per heavy atom. The first-order valence-corrected chi connectivity index (χ1v) is 14.5. The summed E-state index contributed by atoms with van der Waals surface area (Å²) < 4.78 is 1.85. The maximum absolute atomic E-state index is 12.6. The SMILES string of the molecule is O=C(NC1CCC(Nc2ncnc3c2nc(-c2ccc(Cl)cc2Cl)n3-c2ccc(Cl)cc2Cl)CC1)c1cccnc1.